The molecule has 1 saturated heterocycles. The number of anilines is 1. The topological polar surface area (TPSA) is 62.4 Å². The summed E-state index contributed by atoms with van der Waals surface area (Å²) in [5.41, 5.74) is 2.53. The zero-order valence-corrected chi connectivity index (χ0v) is 15.6. The Kier molecular flexibility index (Phi) is 4.12. The molecule has 5 rings (SSSR count). The van der Waals surface area contributed by atoms with Crippen LogP contribution in [0.5, 0.6) is 0 Å². The second-order valence-corrected chi connectivity index (χ2v) is 7.06. The van der Waals surface area contributed by atoms with Crippen LogP contribution in [0.3, 0.4) is 0 Å². The summed E-state index contributed by atoms with van der Waals surface area (Å²) in [4.78, 5) is 13.6. The predicted molar refractivity (Wildman–Crippen MR) is 105 cm³/mol. The van der Waals surface area contributed by atoms with Gasteiger partial charge in [-0.1, -0.05) is 18.2 Å². The van der Waals surface area contributed by atoms with Crippen LogP contribution < -0.4 is 4.90 Å². The first-order valence-corrected chi connectivity index (χ1v) is 9.35. The van der Waals surface area contributed by atoms with Crippen molar-refractivity contribution < 1.29 is 4.39 Å². The van der Waals surface area contributed by atoms with E-state index in [9.17, 15) is 0 Å². The van der Waals surface area contributed by atoms with E-state index in [4.69, 9.17) is 4.99 Å². The summed E-state index contributed by atoms with van der Waals surface area (Å²) in [6.07, 6.45) is 1.72. The van der Waals surface area contributed by atoms with E-state index in [1.54, 1.807) is 12.3 Å². The molecule has 0 aliphatic carbocycles. The summed E-state index contributed by atoms with van der Waals surface area (Å²) >= 11 is 0. The first-order valence-electron chi connectivity index (χ1n) is 9.35. The van der Waals surface area contributed by atoms with Crippen molar-refractivity contribution in [1.29, 1.82) is 0 Å². The van der Waals surface area contributed by atoms with Gasteiger partial charge in [0.1, 0.15) is 12.4 Å². The van der Waals surface area contributed by atoms with Gasteiger partial charge in [-0.25, -0.2) is 4.39 Å². The van der Waals surface area contributed by atoms with Crippen LogP contribution >= 0.6 is 0 Å². The molecule has 0 radical (unpaired) electrons. The van der Waals surface area contributed by atoms with E-state index in [1.807, 2.05) is 28.8 Å². The van der Waals surface area contributed by atoms with Crippen LogP contribution in [0.1, 0.15) is 17.1 Å². The third-order valence-corrected chi connectivity index (χ3v) is 5.25. The van der Waals surface area contributed by atoms with Gasteiger partial charge in [-0.15, -0.1) is 10.2 Å². The van der Waals surface area contributed by atoms with E-state index in [-0.39, 0.29) is 5.82 Å². The highest BCUT2D eigenvalue weighted by Gasteiger charge is 2.29. The van der Waals surface area contributed by atoms with Gasteiger partial charge >= 0.3 is 0 Å². The lowest BCUT2D eigenvalue weighted by atomic mass is 10.0. The lowest BCUT2D eigenvalue weighted by Crippen LogP contribution is -2.45. The fourth-order valence-corrected chi connectivity index (χ4v) is 3.74. The minimum Gasteiger partial charge on any atom is -0.338 e. The number of halogens is 1. The molecule has 0 amide bonds. The van der Waals surface area contributed by atoms with E-state index in [1.165, 1.54) is 6.07 Å². The number of aromatic nitrogens is 4. The van der Waals surface area contributed by atoms with E-state index >= 15 is 4.39 Å². The molecule has 2 aliphatic heterocycles. The van der Waals surface area contributed by atoms with Gasteiger partial charge in [-0.3, -0.25) is 14.5 Å². The number of piperazine rings is 1. The van der Waals surface area contributed by atoms with Crippen molar-refractivity contribution in [2.24, 2.45) is 4.99 Å². The van der Waals surface area contributed by atoms with Gasteiger partial charge in [-0.2, -0.15) is 0 Å². The summed E-state index contributed by atoms with van der Waals surface area (Å²) in [7, 11) is 2.10. The van der Waals surface area contributed by atoms with Crippen LogP contribution in [0, 0.1) is 5.82 Å². The minimum absolute atomic E-state index is 0.320. The van der Waals surface area contributed by atoms with Crippen molar-refractivity contribution in [3.05, 3.63) is 65.5 Å². The molecule has 0 N–H and O–H groups in total. The van der Waals surface area contributed by atoms with Gasteiger partial charge in [0.25, 0.3) is 0 Å². The lowest BCUT2D eigenvalue weighted by molar-refractivity contribution is 0.310. The van der Waals surface area contributed by atoms with Gasteiger partial charge in [0, 0.05) is 37.9 Å². The summed E-state index contributed by atoms with van der Waals surface area (Å²) in [5.74, 6) is 0.984. The maximum Gasteiger partial charge on any atom is 0.232 e. The van der Waals surface area contributed by atoms with Crippen molar-refractivity contribution in [2.45, 2.75) is 6.54 Å². The summed E-state index contributed by atoms with van der Waals surface area (Å²) < 4.78 is 17.0. The number of aliphatic imine (C=N–C) groups is 1. The molecular weight excluding hydrogens is 357 g/mol. The van der Waals surface area contributed by atoms with Crippen molar-refractivity contribution in [1.82, 2.24) is 24.6 Å². The highest BCUT2D eigenvalue weighted by Crippen LogP contribution is 2.30. The number of fused-ring (bicyclic) bond motifs is 3. The summed E-state index contributed by atoms with van der Waals surface area (Å²) in [6, 6.07) is 10.7. The van der Waals surface area contributed by atoms with E-state index in [2.05, 4.69) is 32.0 Å². The average molecular weight is 377 g/mol. The standard InChI is InChI=1S/C20H20FN7/c1-26-9-11-27(12-10-26)20-25-24-17-13-23-18(16-7-2-3-8-22-16)14-5-4-6-15(21)19(14)28(17)20/h2-8H,9-13H2,1H3. The van der Waals surface area contributed by atoms with Crippen LogP contribution in [0.15, 0.2) is 47.6 Å². The molecule has 28 heavy (non-hydrogen) atoms. The molecule has 0 saturated carbocycles. The Morgan fingerprint density at radius 1 is 0.964 bits per heavy atom. The number of likely N-dealkylation sites (N-methyl/N-ethyl adjacent to an activating group) is 1. The normalized spacial score (nSPS) is 16.9. The molecule has 1 aromatic carbocycles. The van der Waals surface area contributed by atoms with E-state index in [0.717, 1.165) is 26.2 Å². The molecule has 142 valence electrons. The molecule has 8 heteroatoms. The maximum absolute atomic E-state index is 15.1. The molecule has 2 aromatic heterocycles. The lowest BCUT2D eigenvalue weighted by Gasteiger charge is -2.33. The Hall–Kier alpha value is -3.13. The predicted octanol–water partition coefficient (Wildman–Crippen LogP) is 1.90. The second-order valence-electron chi connectivity index (χ2n) is 7.06. The maximum atomic E-state index is 15.1. The van der Waals surface area contributed by atoms with Crippen molar-refractivity contribution >= 4 is 11.7 Å². The van der Waals surface area contributed by atoms with Gasteiger partial charge in [0.05, 0.1) is 17.1 Å². The third kappa shape index (κ3) is 2.77. The summed E-state index contributed by atoms with van der Waals surface area (Å²) in [6.45, 7) is 3.84. The number of nitrogens with zero attached hydrogens (tertiary/aromatic N) is 7. The Labute approximate surface area is 162 Å². The molecule has 7 nitrogen and oxygen atoms in total. The fraction of sp³-hybridized carbons (Fsp3) is 0.300. The quantitative estimate of drug-likeness (QED) is 0.683. The van der Waals surface area contributed by atoms with Crippen molar-refractivity contribution in [3.8, 4) is 5.69 Å². The largest absolute Gasteiger partial charge is 0.338 e. The van der Waals surface area contributed by atoms with Crippen molar-refractivity contribution in [2.75, 3.05) is 38.1 Å². The highest BCUT2D eigenvalue weighted by atomic mass is 19.1. The number of hydrogen-bond donors (Lipinski definition) is 0. The van der Waals surface area contributed by atoms with Crippen LogP contribution in [-0.4, -0.2) is 63.6 Å². The first-order chi connectivity index (χ1) is 13.7. The van der Waals surface area contributed by atoms with Crippen molar-refractivity contribution in [3.63, 3.8) is 0 Å². The average Bonchev–Trinajstić information content (AvgIpc) is 3.05. The first kappa shape index (κ1) is 17.0. The summed E-state index contributed by atoms with van der Waals surface area (Å²) in [5, 5.41) is 8.74. The smallest absolute Gasteiger partial charge is 0.232 e. The Balaban J connectivity index is 1.67. The molecule has 1 fully saturated rings. The Bertz CT molecular complexity index is 1040. The van der Waals surface area contributed by atoms with E-state index in [0.29, 0.717) is 41.0 Å². The van der Waals surface area contributed by atoms with Crippen LogP contribution in [0.4, 0.5) is 10.3 Å². The molecule has 4 heterocycles. The molecule has 0 unspecified atom stereocenters. The SMILES string of the molecule is CN1CCN(c2nnc3n2-c2c(F)cccc2C(c2ccccn2)=NC3)CC1. The monoisotopic (exact) mass is 377 g/mol. The zero-order chi connectivity index (χ0) is 19.1. The van der Waals surface area contributed by atoms with Gasteiger partial charge in [0.2, 0.25) is 5.95 Å². The number of hydrogen-bond acceptors (Lipinski definition) is 6. The molecule has 3 aromatic rings. The van der Waals surface area contributed by atoms with Gasteiger partial charge in [0.15, 0.2) is 5.82 Å². The van der Waals surface area contributed by atoms with Gasteiger partial charge in [-0.05, 0) is 25.2 Å². The fourth-order valence-electron chi connectivity index (χ4n) is 3.74. The minimum atomic E-state index is -0.320. The number of benzene rings is 1. The zero-order valence-electron chi connectivity index (χ0n) is 15.6. The molecule has 2 aliphatic rings. The molecule has 0 spiro atoms. The van der Waals surface area contributed by atoms with E-state index < -0.39 is 0 Å². The molecular formula is C20H20FN7. The van der Waals surface area contributed by atoms with Crippen LogP contribution in [0.2, 0.25) is 0 Å². The second kappa shape index (κ2) is 6.79. The Morgan fingerprint density at radius 2 is 1.82 bits per heavy atom. The molecule has 0 atom stereocenters. The number of rotatable bonds is 2. The Morgan fingerprint density at radius 3 is 2.61 bits per heavy atom. The van der Waals surface area contributed by atoms with Gasteiger partial charge < -0.3 is 9.80 Å². The van der Waals surface area contributed by atoms with Crippen LogP contribution in [-0.2, 0) is 6.54 Å². The number of pyridine rings is 1. The highest BCUT2D eigenvalue weighted by molar-refractivity contribution is 6.14. The number of para-hydroxylation sites is 1. The third-order valence-electron chi connectivity index (χ3n) is 5.25. The van der Waals surface area contributed by atoms with Crippen LogP contribution in [0.25, 0.3) is 5.69 Å². The molecule has 0 bridgehead atoms.